The van der Waals surface area contributed by atoms with E-state index in [9.17, 15) is 102 Å². The predicted octanol–water partition coefficient (Wildman–Crippen LogP) is -11.1. The van der Waals surface area contributed by atoms with Crippen LogP contribution in [-0.4, -0.2) is 255 Å². The summed E-state index contributed by atoms with van der Waals surface area (Å²) >= 11 is 0. The summed E-state index contributed by atoms with van der Waals surface area (Å²) in [6.07, 6.45) is -2.37. The first kappa shape index (κ1) is 96.5. The molecule has 0 unspecified atom stereocenters. The van der Waals surface area contributed by atoms with E-state index in [1.165, 1.54) is 33.3 Å². The first-order valence-corrected chi connectivity index (χ1v) is 35.0. The third kappa shape index (κ3) is 40.3. The highest BCUT2D eigenvalue weighted by molar-refractivity contribution is 6.01. The summed E-state index contributed by atoms with van der Waals surface area (Å²) in [5.41, 5.74) is 32.5. The van der Waals surface area contributed by atoms with E-state index in [2.05, 4.69) is 84.4 Å². The fraction of sp³-hybridized carbons (Fsp3) is 0.619. The van der Waals surface area contributed by atoms with Crippen LogP contribution >= 0.6 is 0 Å². The number of aromatic amines is 1. The molecule has 0 radical (unpaired) electrons. The number of amides is 15. The zero-order valence-corrected chi connectivity index (χ0v) is 62.3. The Hall–Kier alpha value is -12.6. The Bertz CT molecular complexity index is 3450. The quantitative estimate of drug-likeness (QED) is 0.0164. The molecule has 1 rings (SSSR count). The van der Waals surface area contributed by atoms with E-state index in [0.717, 1.165) is 0 Å². The molecule has 35 N–H and O–H groups in total. The molecule has 13 atom stereocenters. The molecule has 48 nitrogen and oxygen atoms in total. The number of carboxylic acids is 3. The van der Waals surface area contributed by atoms with Gasteiger partial charge in [-0.2, -0.15) is 0 Å². The number of nitrogens with zero attached hydrogens (tertiary/aromatic N) is 1. The van der Waals surface area contributed by atoms with Gasteiger partial charge in [0, 0.05) is 44.4 Å². The Morgan fingerprint density at radius 2 is 0.820 bits per heavy atom. The molecular formula is C63H107N27O21. The van der Waals surface area contributed by atoms with E-state index in [1.54, 1.807) is 20.8 Å². The summed E-state index contributed by atoms with van der Waals surface area (Å²) in [6.45, 7) is 7.05. The van der Waals surface area contributed by atoms with E-state index in [-0.39, 0.29) is 95.0 Å². The van der Waals surface area contributed by atoms with Crippen LogP contribution in [0.3, 0.4) is 0 Å². The number of hydrogen-bond donors (Lipinski definition) is 29. The molecule has 48 heteroatoms. The lowest BCUT2D eigenvalue weighted by molar-refractivity contribution is -0.144. The predicted molar refractivity (Wildman–Crippen MR) is 390 cm³/mol. The number of carbonyl (C=O) groups excluding carboxylic acids is 15. The van der Waals surface area contributed by atoms with Crippen LogP contribution in [0.25, 0.3) is 0 Å². The van der Waals surface area contributed by atoms with Crippen molar-refractivity contribution >= 4 is 124 Å². The van der Waals surface area contributed by atoms with E-state index >= 15 is 0 Å². The van der Waals surface area contributed by atoms with Gasteiger partial charge in [0.15, 0.2) is 17.9 Å². The number of guanidine groups is 3. The lowest BCUT2D eigenvalue weighted by atomic mass is 9.96. The molecule has 0 aliphatic carbocycles. The second kappa shape index (κ2) is 50.1. The average molecular weight is 1580 g/mol. The molecule has 0 saturated heterocycles. The van der Waals surface area contributed by atoms with Crippen molar-refractivity contribution in [1.29, 1.82) is 16.2 Å². The van der Waals surface area contributed by atoms with E-state index in [4.69, 9.17) is 50.6 Å². The highest BCUT2D eigenvalue weighted by Crippen LogP contribution is 2.14. The van der Waals surface area contributed by atoms with Crippen LogP contribution in [0.2, 0.25) is 0 Å². The smallest absolute Gasteiger partial charge is 0.326 e. The number of primary amides is 2. The zero-order valence-electron chi connectivity index (χ0n) is 62.3. The second-order valence-electron chi connectivity index (χ2n) is 26.1. The standard InChI is InChI=1S/C63H107N27O21/c1-7-29(4)48(90-58(108)37(19-28(2)3)86-57(107)38(20-32-24-73-27-79-32)87-54(104)34(12-9-17-75-62(69)70)84-53(103)33(11-8-16-74-61(67)68)83-50(100)31(6)80-49(99)30(5)64)59(109)88-40(23-47(97)98)52(102)78-26-45(94)82-39(22-46(95)96)51(101)77-25-44(93)81-36(14-15-42(65)91)56(106)85-35(13-10-18-76-63(71)72)55(105)89-41(60(110)111)21-43(66)92/h24,27-31,33-41,48H,7-23,25-26,64H2,1-6H3,(H2,65,91)(H2,66,92)(H,73,79)(H,77,101)(H,78,102)(H,80,99)(H,81,93)(H,82,94)(H,83,100)(H,84,103)(H,85,106)(H,86,107)(H,87,104)(H,88,109)(H,89,105)(H,90,108)(H,95,96)(H,97,98)(H,110,111)(H4,67,68,74)(H4,69,70,75)(H4,71,72,76)/t29-,30-,31-,33-,34-,35-,36-,37-,38-,39-,40-,41-,48-/m0/s1. The number of nitrogens with two attached hydrogens (primary N) is 6. The van der Waals surface area contributed by atoms with Crippen molar-refractivity contribution in [2.45, 2.75) is 204 Å². The third-order valence-corrected chi connectivity index (χ3v) is 16.0. The summed E-state index contributed by atoms with van der Waals surface area (Å²) in [4.78, 5) is 244. The van der Waals surface area contributed by atoms with E-state index < -0.39 is 242 Å². The van der Waals surface area contributed by atoms with Crippen LogP contribution in [0.1, 0.15) is 131 Å². The van der Waals surface area contributed by atoms with Crippen molar-refractivity contribution in [3.05, 3.63) is 18.2 Å². The van der Waals surface area contributed by atoms with Gasteiger partial charge in [-0.3, -0.25) is 97.7 Å². The number of hydrogen-bond acceptors (Lipinski definition) is 23. The van der Waals surface area contributed by atoms with Gasteiger partial charge in [0.05, 0.1) is 44.7 Å². The summed E-state index contributed by atoms with van der Waals surface area (Å²) in [5, 5.41) is 89.4. The van der Waals surface area contributed by atoms with Gasteiger partial charge in [-0.05, 0) is 77.0 Å². The Kier molecular flexibility index (Phi) is 43.6. The van der Waals surface area contributed by atoms with Crippen molar-refractivity contribution in [2.75, 3.05) is 32.7 Å². The minimum atomic E-state index is -2.03. The minimum Gasteiger partial charge on any atom is -0.481 e. The largest absolute Gasteiger partial charge is 0.481 e. The normalized spacial score (nSPS) is 14.3. The van der Waals surface area contributed by atoms with Gasteiger partial charge in [-0.25, -0.2) is 9.78 Å². The Morgan fingerprint density at radius 1 is 0.432 bits per heavy atom. The SMILES string of the molecule is CC[C@H](C)[C@H](NC(=O)[C@H](CC(C)C)NC(=O)[C@H](Cc1cnc[nH]1)NC(=O)[C@H](CCCNC(=N)N)NC(=O)[C@H](CCCNC(=N)N)NC(=O)[C@H](C)NC(=O)[C@H](C)N)C(=O)N[C@@H](CC(=O)O)C(=O)NCC(=O)N[C@@H](CC(=O)O)C(=O)NCC(=O)N[C@@H](CCC(N)=O)C(=O)N[C@@H](CCCNC(=N)N)C(=O)N[C@@H](CC(N)=O)C(=O)O. The van der Waals surface area contributed by atoms with Gasteiger partial charge in [0.2, 0.25) is 88.6 Å². The van der Waals surface area contributed by atoms with E-state index in [1.807, 2.05) is 10.6 Å². The highest BCUT2D eigenvalue weighted by atomic mass is 16.4. The molecule has 0 saturated carbocycles. The number of carboxylic acid groups (broad SMARTS) is 3. The van der Waals surface area contributed by atoms with Gasteiger partial charge < -0.3 is 140 Å². The molecule has 0 aliphatic rings. The second-order valence-corrected chi connectivity index (χ2v) is 26.1. The molecule has 1 aromatic rings. The van der Waals surface area contributed by atoms with Crippen molar-refractivity contribution in [1.82, 2.24) is 95.0 Å². The molecule has 0 aromatic carbocycles. The lowest BCUT2D eigenvalue weighted by Gasteiger charge is -2.29. The maximum Gasteiger partial charge on any atom is 0.326 e. The number of imidazole rings is 1. The summed E-state index contributed by atoms with van der Waals surface area (Å²) in [7, 11) is 0. The van der Waals surface area contributed by atoms with Crippen LogP contribution in [0.4, 0.5) is 0 Å². The van der Waals surface area contributed by atoms with E-state index in [0.29, 0.717) is 0 Å². The van der Waals surface area contributed by atoms with Gasteiger partial charge >= 0.3 is 17.9 Å². The first-order chi connectivity index (χ1) is 51.9. The van der Waals surface area contributed by atoms with Crippen molar-refractivity contribution < 1.29 is 102 Å². The number of carbonyl (C=O) groups is 18. The number of nitrogens with one attached hydrogen (secondary N) is 20. The topological polar surface area (TPSA) is 817 Å². The molecule has 111 heavy (non-hydrogen) atoms. The molecule has 1 heterocycles. The number of aromatic nitrogens is 2. The van der Waals surface area contributed by atoms with Crippen LogP contribution in [-0.2, 0) is 92.7 Å². The fourth-order valence-electron chi connectivity index (χ4n) is 10.0. The van der Waals surface area contributed by atoms with Crippen molar-refractivity contribution in [3.8, 4) is 0 Å². The maximum absolute atomic E-state index is 14.6. The summed E-state index contributed by atoms with van der Waals surface area (Å²) in [6, 6.07) is -19.0. The third-order valence-electron chi connectivity index (χ3n) is 16.0. The van der Waals surface area contributed by atoms with Gasteiger partial charge in [0.25, 0.3) is 0 Å². The zero-order chi connectivity index (χ0) is 84.4. The monoisotopic (exact) mass is 1580 g/mol. The summed E-state index contributed by atoms with van der Waals surface area (Å²) < 4.78 is 0. The summed E-state index contributed by atoms with van der Waals surface area (Å²) in [5.74, 6) is -23.6. The fourth-order valence-corrected chi connectivity index (χ4v) is 10.0. The number of H-pyrrole nitrogens is 1. The van der Waals surface area contributed by atoms with Crippen LogP contribution in [0.15, 0.2) is 12.5 Å². The number of rotatable bonds is 54. The van der Waals surface area contributed by atoms with Crippen LogP contribution in [0.5, 0.6) is 0 Å². The van der Waals surface area contributed by atoms with Gasteiger partial charge in [-0.1, -0.05) is 34.1 Å². The Morgan fingerprint density at radius 3 is 1.21 bits per heavy atom. The highest BCUT2D eigenvalue weighted by Gasteiger charge is 2.38. The van der Waals surface area contributed by atoms with Crippen molar-refractivity contribution in [3.63, 3.8) is 0 Å². The molecule has 0 fully saturated rings. The molecule has 15 amide bonds. The Labute approximate surface area is 636 Å². The lowest BCUT2D eigenvalue weighted by Crippen LogP contribution is -2.61. The van der Waals surface area contributed by atoms with Crippen molar-refractivity contribution in [2.24, 2.45) is 46.2 Å². The molecular weight excluding hydrogens is 1470 g/mol. The number of aliphatic carboxylic acids is 3. The average Bonchev–Trinajstić information content (AvgIpc) is 1.36. The molecule has 0 bridgehead atoms. The van der Waals surface area contributed by atoms with Gasteiger partial charge in [0.1, 0.15) is 66.5 Å². The first-order valence-electron chi connectivity index (χ1n) is 35.0. The van der Waals surface area contributed by atoms with Crippen LogP contribution in [0, 0.1) is 28.1 Å². The molecule has 0 aliphatic heterocycles. The molecule has 0 spiro atoms. The Balaban J connectivity index is 3.51. The molecule has 1 aromatic heterocycles. The minimum absolute atomic E-state index is 0.00731. The van der Waals surface area contributed by atoms with Gasteiger partial charge in [-0.15, -0.1) is 0 Å². The maximum atomic E-state index is 14.6. The van der Waals surface area contributed by atoms with Crippen LogP contribution < -0.4 is 119 Å². The molecule has 620 valence electrons.